The number of amides is 1. The van der Waals surface area contributed by atoms with Gasteiger partial charge in [0.15, 0.2) is 5.75 Å². The summed E-state index contributed by atoms with van der Waals surface area (Å²) in [5.41, 5.74) is 6.48. The fourth-order valence-electron chi connectivity index (χ4n) is 2.45. The largest absolute Gasteiger partial charge is 0.492 e. The summed E-state index contributed by atoms with van der Waals surface area (Å²) in [4.78, 5) is 14.9. The van der Waals surface area contributed by atoms with Gasteiger partial charge in [-0.15, -0.1) is 11.3 Å². The number of methoxy groups -OCH3 is 1. The fraction of sp³-hybridized carbons (Fsp3) is 0.643. The minimum Gasteiger partial charge on any atom is -0.492 e. The molecular weight excluding hydrogens is 288 g/mol. The van der Waals surface area contributed by atoms with Crippen LogP contribution >= 0.6 is 11.3 Å². The van der Waals surface area contributed by atoms with E-state index in [1.807, 2.05) is 6.92 Å². The maximum atomic E-state index is 12.1. The lowest BCUT2D eigenvalue weighted by molar-refractivity contribution is 0.0958. The van der Waals surface area contributed by atoms with Crippen LogP contribution in [-0.4, -0.2) is 50.6 Å². The van der Waals surface area contributed by atoms with Crippen LogP contribution in [0.25, 0.3) is 0 Å². The van der Waals surface area contributed by atoms with Crippen molar-refractivity contribution in [3.63, 3.8) is 0 Å². The van der Waals surface area contributed by atoms with Gasteiger partial charge in [0.2, 0.25) is 0 Å². The van der Waals surface area contributed by atoms with E-state index in [2.05, 4.69) is 22.6 Å². The van der Waals surface area contributed by atoms with E-state index in [1.165, 1.54) is 11.3 Å². The van der Waals surface area contributed by atoms with Crippen LogP contribution in [0.2, 0.25) is 0 Å². The Morgan fingerprint density at radius 3 is 2.90 bits per heavy atom. The highest BCUT2D eigenvalue weighted by molar-refractivity contribution is 7.19. The lowest BCUT2D eigenvalue weighted by Crippen LogP contribution is -2.23. The number of hydrogen-bond acceptors (Lipinski definition) is 6. The van der Waals surface area contributed by atoms with Crippen molar-refractivity contribution < 1.29 is 9.53 Å². The number of carbonyl (C=O) groups excluding carboxylic acids is 1. The van der Waals surface area contributed by atoms with E-state index in [0.29, 0.717) is 28.9 Å². The monoisotopic (exact) mass is 312 g/mol. The number of rotatable bonds is 6. The molecule has 2 rings (SSSR count). The minimum atomic E-state index is -0.130. The second-order valence-electron chi connectivity index (χ2n) is 5.36. The van der Waals surface area contributed by atoms with E-state index in [0.717, 1.165) is 30.9 Å². The second-order valence-corrected chi connectivity index (χ2v) is 6.38. The summed E-state index contributed by atoms with van der Waals surface area (Å²) in [6, 6.07) is 0.369. The molecule has 0 bridgehead atoms. The molecule has 118 valence electrons. The molecule has 1 aliphatic heterocycles. The molecule has 0 radical (unpaired) electrons. The predicted molar refractivity (Wildman–Crippen MR) is 87.4 cm³/mol. The number of likely N-dealkylation sites (tertiary alicyclic amines) is 1. The Balaban J connectivity index is 2.15. The Bertz CT molecular complexity index is 503. The zero-order valence-electron chi connectivity index (χ0n) is 12.9. The Hall–Kier alpha value is -1.47. The molecule has 0 spiro atoms. The molecule has 1 unspecified atom stereocenters. The summed E-state index contributed by atoms with van der Waals surface area (Å²) in [5, 5.41) is 7.15. The standard InChI is InChI=1S/C14H24N4O2S/c1-4-6-16-13(19)12-10(15)11(20-3)14(21-12)17-9-5-7-18(2)8-9/h9,17H,4-8,15H2,1-3H3,(H,16,19). The predicted octanol–water partition coefficient (Wildman–Crippen LogP) is 1.59. The summed E-state index contributed by atoms with van der Waals surface area (Å²) in [7, 11) is 3.68. The van der Waals surface area contributed by atoms with Gasteiger partial charge in [0.1, 0.15) is 15.6 Å². The van der Waals surface area contributed by atoms with Crippen LogP contribution in [0.5, 0.6) is 5.75 Å². The molecule has 1 aromatic rings. The molecule has 1 aliphatic rings. The number of nitrogens with two attached hydrogens (primary N) is 1. The van der Waals surface area contributed by atoms with E-state index < -0.39 is 0 Å². The van der Waals surface area contributed by atoms with E-state index in [-0.39, 0.29) is 5.91 Å². The lowest BCUT2D eigenvalue weighted by atomic mass is 10.2. The number of thiophene rings is 1. The summed E-state index contributed by atoms with van der Waals surface area (Å²) < 4.78 is 5.38. The molecule has 1 fully saturated rings. The Morgan fingerprint density at radius 1 is 1.57 bits per heavy atom. The molecule has 21 heavy (non-hydrogen) atoms. The summed E-state index contributed by atoms with van der Waals surface area (Å²) in [6.07, 6.45) is 1.97. The van der Waals surface area contributed by atoms with Crippen molar-refractivity contribution in [2.45, 2.75) is 25.8 Å². The van der Waals surface area contributed by atoms with Crippen molar-refractivity contribution in [1.29, 1.82) is 0 Å². The molecule has 0 saturated carbocycles. The van der Waals surface area contributed by atoms with Crippen LogP contribution < -0.4 is 21.1 Å². The first-order valence-electron chi connectivity index (χ1n) is 7.26. The molecule has 0 aromatic carbocycles. The van der Waals surface area contributed by atoms with Gasteiger partial charge in [0.05, 0.1) is 7.11 Å². The highest BCUT2D eigenvalue weighted by Crippen LogP contribution is 2.43. The fourth-order valence-corrected chi connectivity index (χ4v) is 3.54. The zero-order chi connectivity index (χ0) is 15.4. The van der Waals surface area contributed by atoms with Crippen LogP contribution in [-0.2, 0) is 0 Å². The van der Waals surface area contributed by atoms with Crippen molar-refractivity contribution in [1.82, 2.24) is 10.2 Å². The van der Waals surface area contributed by atoms with Crippen molar-refractivity contribution in [2.24, 2.45) is 0 Å². The third-order valence-electron chi connectivity index (χ3n) is 3.57. The average Bonchev–Trinajstić information content (AvgIpc) is 3.00. The first-order chi connectivity index (χ1) is 10.1. The third-order valence-corrected chi connectivity index (χ3v) is 4.69. The third kappa shape index (κ3) is 3.59. The molecule has 1 amide bonds. The van der Waals surface area contributed by atoms with E-state index in [1.54, 1.807) is 7.11 Å². The molecule has 1 saturated heterocycles. The van der Waals surface area contributed by atoms with Gasteiger partial charge in [-0.25, -0.2) is 0 Å². The topological polar surface area (TPSA) is 79.6 Å². The maximum absolute atomic E-state index is 12.1. The van der Waals surface area contributed by atoms with Crippen LogP contribution in [0.3, 0.4) is 0 Å². The van der Waals surface area contributed by atoms with Gasteiger partial charge in [0, 0.05) is 19.1 Å². The van der Waals surface area contributed by atoms with Gasteiger partial charge >= 0.3 is 0 Å². The van der Waals surface area contributed by atoms with Gasteiger partial charge < -0.3 is 26.0 Å². The first-order valence-corrected chi connectivity index (χ1v) is 8.08. The maximum Gasteiger partial charge on any atom is 0.263 e. The van der Waals surface area contributed by atoms with Crippen molar-refractivity contribution in [3.05, 3.63) is 4.88 Å². The van der Waals surface area contributed by atoms with E-state index >= 15 is 0 Å². The average molecular weight is 312 g/mol. The Kier molecular flexibility index (Phi) is 5.30. The second kappa shape index (κ2) is 7.00. The Morgan fingerprint density at radius 2 is 2.33 bits per heavy atom. The molecule has 1 atom stereocenters. The van der Waals surface area contributed by atoms with Crippen LogP contribution in [0, 0.1) is 0 Å². The molecule has 1 aromatic heterocycles. The van der Waals surface area contributed by atoms with Gasteiger partial charge in [-0.2, -0.15) is 0 Å². The number of nitrogens with zero attached hydrogens (tertiary/aromatic N) is 1. The highest BCUT2D eigenvalue weighted by Gasteiger charge is 2.25. The van der Waals surface area contributed by atoms with Gasteiger partial charge in [-0.05, 0) is 26.4 Å². The number of anilines is 2. The van der Waals surface area contributed by atoms with E-state index in [9.17, 15) is 4.79 Å². The normalized spacial score (nSPS) is 18.7. The lowest BCUT2D eigenvalue weighted by Gasteiger charge is -2.13. The van der Waals surface area contributed by atoms with Crippen molar-refractivity contribution >= 4 is 27.9 Å². The van der Waals surface area contributed by atoms with Crippen LogP contribution in [0.1, 0.15) is 29.4 Å². The number of ether oxygens (including phenoxy) is 1. The molecule has 4 N–H and O–H groups in total. The number of likely N-dealkylation sites (N-methyl/N-ethyl adjacent to an activating group) is 1. The molecule has 6 nitrogen and oxygen atoms in total. The smallest absolute Gasteiger partial charge is 0.263 e. The summed E-state index contributed by atoms with van der Waals surface area (Å²) in [6.45, 7) is 4.72. The van der Waals surface area contributed by atoms with Gasteiger partial charge in [-0.1, -0.05) is 6.92 Å². The SMILES string of the molecule is CCCNC(=O)c1sc(NC2CCN(C)C2)c(OC)c1N. The van der Waals surface area contributed by atoms with Crippen molar-refractivity contribution in [3.8, 4) is 5.75 Å². The number of nitrogens with one attached hydrogen (secondary N) is 2. The molecular formula is C14H24N4O2S. The highest BCUT2D eigenvalue weighted by atomic mass is 32.1. The molecule has 2 heterocycles. The summed E-state index contributed by atoms with van der Waals surface area (Å²) >= 11 is 1.37. The van der Waals surface area contributed by atoms with E-state index in [4.69, 9.17) is 10.5 Å². The van der Waals surface area contributed by atoms with Crippen LogP contribution in [0.15, 0.2) is 0 Å². The summed E-state index contributed by atoms with van der Waals surface area (Å²) in [5.74, 6) is 0.449. The Labute approximate surface area is 129 Å². The van der Waals surface area contributed by atoms with Gasteiger partial charge in [0.25, 0.3) is 5.91 Å². The minimum absolute atomic E-state index is 0.130. The molecule has 0 aliphatic carbocycles. The van der Waals surface area contributed by atoms with Crippen LogP contribution in [0.4, 0.5) is 10.7 Å². The van der Waals surface area contributed by atoms with Crippen molar-refractivity contribution in [2.75, 3.05) is 44.8 Å². The zero-order valence-corrected chi connectivity index (χ0v) is 13.7. The van der Waals surface area contributed by atoms with Gasteiger partial charge in [-0.3, -0.25) is 4.79 Å². The number of nitrogen functional groups attached to an aromatic ring is 1. The quantitative estimate of drug-likeness (QED) is 0.743. The molecule has 7 heteroatoms. The first kappa shape index (κ1) is 15.9. The number of carbonyl (C=O) groups is 1. The number of hydrogen-bond donors (Lipinski definition) is 3.